The van der Waals surface area contributed by atoms with E-state index in [1.54, 1.807) is 0 Å². The molecule has 1 aliphatic heterocycles. The zero-order valence-electron chi connectivity index (χ0n) is 8.12. The molecule has 1 fully saturated rings. The minimum absolute atomic E-state index is 0.219. The Balaban J connectivity index is 2.15. The Bertz CT molecular complexity index is 178. The van der Waals surface area contributed by atoms with Crippen LogP contribution in [0.3, 0.4) is 0 Å². The molecule has 0 radical (unpaired) electrons. The first-order chi connectivity index (χ1) is 6.36. The topological polar surface area (TPSA) is 48.3 Å². The van der Waals surface area contributed by atoms with Gasteiger partial charge in [-0.2, -0.15) is 5.26 Å². The van der Waals surface area contributed by atoms with E-state index < -0.39 is 0 Å². The molecule has 1 heterocycles. The predicted molar refractivity (Wildman–Crippen MR) is 50.3 cm³/mol. The Morgan fingerprint density at radius 1 is 1.69 bits per heavy atom. The fourth-order valence-electron chi connectivity index (χ4n) is 1.46. The van der Waals surface area contributed by atoms with E-state index in [0.717, 1.165) is 32.6 Å². The molecule has 0 aromatic heterocycles. The van der Waals surface area contributed by atoms with E-state index in [2.05, 4.69) is 16.3 Å². The Labute approximate surface area is 79.5 Å². The predicted octanol–water partition coefficient (Wildman–Crippen LogP) is -0.180. The lowest BCUT2D eigenvalue weighted by molar-refractivity contribution is 0.000338. The van der Waals surface area contributed by atoms with Gasteiger partial charge in [0.05, 0.1) is 12.7 Å². The lowest BCUT2D eigenvalue weighted by atomic mass is 10.2. The molecule has 0 saturated carbocycles. The van der Waals surface area contributed by atoms with Gasteiger partial charge in [0, 0.05) is 13.1 Å². The third-order valence-corrected chi connectivity index (χ3v) is 2.20. The monoisotopic (exact) mass is 183 g/mol. The van der Waals surface area contributed by atoms with Crippen molar-refractivity contribution in [1.82, 2.24) is 10.2 Å². The van der Waals surface area contributed by atoms with Gasteiger partial charge in [-0.3, -0.25) is 4.90 Å². The van der Waals surface area contributed by atoms with Crippen molar-refractivity contribution in [1.29, 1.82) is 5.26 Å². The van der Waals surface area contributed by atoms with Crippen molar-refractivity contribution in [2.75, 3.05) is 39.8 Å². The molecule has 1 aliphatic rings. The van der Waals surface area contributed by atoms with Crippen molar-refractivity contribution < 1.29 is 4.74 Å². The first-order valence-corrected chi connectivity index (χ1v) is 4.75. The highest BCUT2D eigenvalue weighted by Gasteiger charge is 2.18. The molecular weight excluding hydrogens is 166 g/mol. The quantitative estimate of drug-likeness (QED) is 0.614. The van der Waals surface area contributed by atoms with Gasteiger partial charge in [-0.15, -0.1) is 0 Å². The molecule has 74 valence electrons. The molecule has 0 amide bonds. The van der Waals surface area contributed by atoms with Crippen molar-refractivity contribution in [3.8, 4) is 6.07 Å². The second-order valence-corrected chi connectivity index (χ2v) is 3.25. The minimum Gasteiger partial charge on any atom is -0.361 e. The van der Waals surface area contributed by atoms with E-state index >= 15 is 0 Å². The number of nitriles is 1. The summed E-state index contributed by atoms with van der Waals surface area (Å²) in [5, 5.41) is 11.8. The first-order valence-electron chi connectivity index (χ1n) is 4.75. The van der Waals surface area contributed by atoms with Gasteiger partial charge in [0.25, 0.3) is 0 Å². The van der Waals surface area contributed by atoms with Crippen molar-refractivity contribution >= 4 is 0 Å². The summed E-state index contributed by atoms with van der Waals surface area (Å²) in [6.07, 6.45) is 0.914. The van der Waals surface area contributed by atoms with Crippen LogP contribution in [0.25, 0.3) is 0 Å². The SMILES string of the molecule is CNCCCN1CCOC(C#N)C1. The molecular formula is C9H17N3O. The van der Waals surface area contributed by atoms with Gasteiger partial charge in [0.2, 0.25) is 0 Å². The van der Waals surface area contributed by atoms with Crippen molar-refractivity contribution in [3.63, 3.8) is 0 Å². The zero-order chi connectivity index (χ0) is 9.52. The van der Waals surface area contributed by atoms with Gasteiger partial charge < -0.3 is 10.1 Å². The van der Waals surface area contributed by atoms with Crippen molar-refractivity contribution in [2.24, 2.45) is 0 Å². The van der Waals surface area contributed by atoms with Crippen LogP contribution in [0.5, 0.6) is 0 Å². The van der Waals surface area contributed by atoms with E-state index in [4.69, 9.17) is 10.00 Å². The van der Waals surface area contributed by atoms with Gasteiger partial charge in [0.15, 0.2) is 6.10 Å². The third kappa shape index (κ3) is 3.73. The molecule has 0 aliphatic carbocycles. The highest BCUT2D eigenvalue weighted by molar-refractivity contribution is 4.89. The molecule has 0 aromatic carbocycles. The van der Waals surface area contributed by atoms with E-state index in [1.807, 2.05) is 7.05 Å². The fraction of sp³-hybridized carbons (Fsp3) is 0.889. The van der Waals surface area contributed by atoms with E-state index in [-0.39, 0.29) is 6.10 Å². The van der Waals surface area contributed by atoms with Crippen LogP contribution >= 0.6 is 0 Å². The molecule has 0 bridgehead atoms. The number of nitrogens with zero attached hydrogens (tertiary/aromatic N) is 2. The van der Waals surface area contributed by atoms with Crippen LogP contribution in [0.15, 0.2) is 0 Å². The number of ether oxygens (including phenoxy) is 1. The summed E-state index contributed by atoms with van der Waals surface area (Å²) in [4.78, 5) is 2.29. The number of nitrogens with one attached hydrogen (secondary N) is 1. The normalized spacial score (nSPS) is 24.2. The Morgan fingerprint density at radius 2 is 2.54 bits per heavy atom. The molecule has 0 aromatic rings. The second kappa shape index (κ2) is 5.92. The second-order valence-electron chi connectivity index (χ2n) is 3.25. The van der Waals surface area contributed by atoms with Gasteiger partial charge in [-0.05, 0) is 26.6 Å². The molecule has 4 heteroatoms. The first kappa shape index (κ1) is 10.5. The van der Waals surface area contributed by atoms with E-state index in [1.165, 1.54) is 0 Å². The standard InChI is InChI=1S/C9H17N3O/c1-11-3-2-4-12-5-6-13-9(7-10)8-12/h9,11H,2-6,8H2,1H3. The number of morpholine rings is 1. The van der Waals surface area contributed by atoms with Crippen LogP contribution in [-0.4, -0.2) is 50.8 Å². The molecule has 1 unspecified atom stereocenters. The van der Waals surface area contributed by atoms with Crippen molar-refractivity contribution in [3.05, 3.63) is 0 Å². The summed E-state index contributed by atoms with van der Waals surface area (Å²) in [5.74, 6) is 0. The average molecular weight is 183 g/mol. The summed E-state index contributed by atoms with van der Waals surface area (Å²) >= 11 is 0. The lowest BCUT2D eigenvalue weighted by Crippen LogP contribution is -2.42. The van der Waals surface area contributed by atoms with Crippen LogP contribution in [0, 0.1) is 11.3 Å². The Morgan fingerprint density at radius 3 is 3.23 bits per heavy atom. The maximum Gasteiger partial charge on any atom is 0.156 e. The summed E-state index contributed by atoms with van der Waals surface area (Å²) in [7, 11) is 1.96. The van der Waals surface area contributed by atoms with Gasteiger partial charge in [-0.25, -0.2) is 0 Å². The van der Waals surface area contributed by atoms with Gasteiger partial charge in [0.1, 0.15) is 0 Å². The maximum absolute atomic E-state index is 8.67. The van der Waals surface area contributed by atoms with Crippen LogP contribution in [0.2, 0.25) is 0 Å². The van der Waals surface area contributed by atoms with Gasteiger partial charge in [-0.1, -0.05) is 0 Å². The summed E-state index contributed by atoms with van der Waals surface area (Å²) < 4.78 is 5.25. The van der Waals surface area contributed by atoms with Crippen LogP contribution < -0.4 is 5.32 Å². The van der Waals surface area contributed by atoms with Gasteiger partial charge >= 0.3 is 0 Å². The van der Waals surface area contributed by atoms with E-state index in [9.17, 15) is 0 Å². The molecule has 1 atom stereocenters. The molecule has 1 saturated heterocycles. The summed E-state index contributed by atoms with van der Waals surface area (Å²) in [5.41, 5.74) is 0. The fourth-order valence-corrected chi connectivity index (χ4v) is 1.46. The molecule has 0 spiro atoms. The smallest absolute Gasteiger partial charge is 0.156 e. The van der Waals surface area contributed by atoms with E-state index in [0.29, 0.717) is 6.61 Å². The number of hydrogen-bond acceptors (Lipinski definition) is 4. The largest absolute Gasteiger partial charge is 0.361 e. The molecule has 1 N–H and O–H groups in total. The highest BCUT2D eigenvalue weighted by Crippen LogP contribution is 2.04. The number of hydrogen-bond donors (Lipinski definition) is 1. The zero-order valence-corrected chi connectivity index (χ0v) is 8.12. The Kier molecular flexibility index (Phi) is 4.76. The molecule has 1 rings (SSSR count). The third-order valence-electron chi connectivity index (χ3n) is 2.20. The van der Waals surface area contributed by atoms with Crippen LogP contribution in [0.4, 0.5) is 0 Å². The van der Waals surface area contributed by atoms with Crippen molar-refractivity contribution in [2.45, 2.75) is 12.5 Å². The van der Waals surface area contributed by atoms with Crippen LogP contribution in [0.1, 0.15) is 6.42 Å². The average Bonchev–Trinajstić information content (AvgIpc) is 2.19. The molecule has 4 nitrogen and oxygen atoms in total. The Hall–Kier alpha value is -0.630. The summed E-state index contributed by atoms with van der Waals surface area (Å²) in [6, 6.07) is 2.14. The summed E-state index contributed by atoms with van der Waals surface area (Å²) in [6.45, 7) is 4.51. The number of rotatable bonds is 4. The minimum atomic E-state index is -0.219. The van der Waals surface area contributed by atoms with Crippen LogP contribution in [-0.2, 0) is 4.74 Å². The lowest BCUT2D eigenvalue weighted by Gasteiger charge is -2.29. The molecule has 13 heavy (non-hydrogen) atoms. The maximum atomic E-state index is 8.67. The highest BCUT2D eigenvalue weighted by atomic mass is 16.5.